The van der Waals surface area contributed by atoms with Crippen molar-refractivity contribution < 1.29 is 0 Å². The highest BCUT2D eigenvalue weighted by molar-refractivity contribution is 4.85. The van der Waals surface area contributed by atoms with Crippen LogP contribution in [0, 0.1) is 12.3 Å². The first-order chi connectivity index (χ1) is 4.62. The van der Waals surface area contributed by atoms with Crippen LogP contribution in [-0.2, 0) is 0 Å². The molecule has 0 amide bonds. The number of hydrogen-bond acceptors (Lipinski definition) is 0. The zero-order valence-corrected chi connectivity index (χ0v) is 7.48. The lowest BCUT2D eigenvalue weighted by atomic mass is 9.85. The normalized spacial score (nSPS) is 12.8. The molecule has 0 aromatic heterocycles. The van der Waals surface area contributed by atoms with E-state index in [1.54, 1.807) is 0 Å². The maximum atomic E-state index is 3.65. The van der Waals surface area contributed by atoms with Gasteiger partial charge in [-0.2, -0.15) is 0 Å². The van der Waals surface area contributed by atoms with E-state index in [2.05, 4.69) is 33.8 Å². The highest BCUT2D eigenvalue weighted by Gasteiger charge is 2.12. The minimum absolute atomic E-state index is 0.513. The van der Waals surface area contributed by atoms with Gasteiger partial charge in [0, 0.05) is 0 Å². The van der Waals surface area contributed by atoms with Crippen molar-refractivity contribution in [2.75, 3.05) is 0 Å². The van der Waals surface area contributed by atoms with E-state index in [9.17, 15) is 0 Å². The maximum Gasteiger partial charge on any atom is -0.0316 e. The van der Waals surface area contributed by atoms with Crippen LogP contribution in [0.3, 0.4) is 0 Å². The second-order valence-corrected chi connectivity index (χ2v) is 3.53. The Bertz CT molecular complexity index is 98.6. The van der Waals surface area contributed by atoms with Gasteiger partial charge in [0.1, 0.15) is 0 Å². The van der Waals surface area contributed by atoms with E-state index < -0.39 is 0 Å². The Morgan fingerprint density at radius 1 is 1.40 bits per heavy atom. The molecule has 0 unspecified atom stereocenters. The third-order valence-corrected chi connectivity index (χ3v) is 2.11. The molecule has 0 nitrogen and oxygen atoms in total. The first-order valence-electron chi connectivity index (χ1n) is 4.06. The number of hydrogen-bond donors (Lipinski definition) is 0. The van der Waals surface area contributed by atoms with Gasteiger partial charge in [0.2, 0.25) is 0 Å². The summed E-state index contributed by atoms with van der Waals surface area (Å²) in [6, 6.07) is 0. The Labute approximate surface area is 65.3 Å². The first kappa shape index (κ1) is 9.74. The number of rotatable bonds is 4. The molecule has 0 aliphatic heterocycles. The molecule has 0 aromatic rings. The highest BCUT2D eigenvalue weighted by Crippen LogP contribution is 2.25. The highest BCUT2D eigenvalue weighted by atomic mass is 14.2. The molecule has 0 bridgehead atoms. The van der Waals surface area contributed by atoms with E-state index in [0.29, 0.717) is 5.41 Å². The largest absolute Gasteiger partial charge is 0.0885 e. The SMILES string of the molecule is [CH2]C=CCCC(C)(C)CC. The lowest BCUT2D eigenvalue weighted by Crippen LogP contribution is -2.08. The standard InChI is InChI=1S/C10H19/c1-5-7-8-9-10(3,4)6-2/h5,7H,1,6,8-9H2,2-4H3. The summed E-state index contributed by atoms with van der Waals surface area (Å²) in [6.07, 6.45) is 7.72. The molecule has 1 radical (unpaired) electrons. The van der Waals surface area contributed by atoms with Crippen LogP contribution in [0.2, 0.25) is 0 Å². The van der Waals surface area contributed by atoms with Crippen molar-refractivity contribution in [3.63, 3.8) is 0 Å². The van der Waals surface area contributed by atoms with Crippen molar-refractivity contribution in [1.29, 1.82) is 0 Å². The van der Waals surface area contributed by atoms with Crippen LogP contribution < -0.4 is 0 Å². The Morgan fingerprint density at radius 2 is 2.00 bits per heavy atom. The van der Waals surface area contributed by atoms with E-state index in [1.165, 1.54) is 19.3 Å². The van der Waals surface area contributed by atoms with Crippen molar-refractivity contribution >= 4 is 0 Å². The van der Waals surface area contributed by atoms with Gasteiger partial charge in [0.25, 0.3) is 0 Å². The van der Waals surface area contributed by atoms with Gasteiger partial charge in [-0.3, -0.25) is 0 Å². The van der Waals surface area contributed by atoms with Crippen LogP contribution in [0.4, 0.5) is 0 Å². The molecular formula is C10H19. The smallest absolute Gasteiger partial charge is 0.0316 e. The van der Waals surface area contributed by atoms with Crippen LogP contribution >= 0.6 is 0 Å². The summed E-state index contributed by atoms with van der Waals surface area (Å²) < 4.78 is 0. The van der Waals surface area contributed by atoms with Crippen molar-refractivity contribution in [2.45, 2.75) is 40.0 Å². The van der Waals surface area contributed by atoms with Gasteiger partial charge in [0.05, 0.1) is 0 Å². The quantitative estimate of drug-likeness (QED) is 0.558. The first-order valence-corrected chi connectivity index (χ1v) is 4.06. The summed E-state index contributed by atoms with van der Waals surface area (Å²) in [5, 5.41) is 0. The van der Waals surface area contributed by atoms with Crippen LogP contribution in [0.1, 0.15) is 40.0 Å². The molecule has 10 heavy (non-hydrogen) atoms. The topological polar surface area (TPSA) is 0 Å². The molecule has 0 rings (SSSR count). The van der Waals surface area contributed by atoms with Gasteiger partial charge >= 0.3 is 0 Å². The van der Waals surface area contributed by atoms with Gasteiger partial charge in [-0.1, -0.05) is 39.3 Å². The summed E-state index contributed by atoms with van der Waals surface area (Å²) in [5.74, 6) is 0. The lowest BCUT2D eigenvalue weighted by molar-refractivity contribution is 0.325. The van der Waals surface area contributed by atoms with E-state index in [4.69, 9.17) is 0 Å². The molecule has 0 atom stereocenters. The molecule has 0 N–H and O–H groups in total. The van der Waals surface area contributed by atoms with Gasteiger partial charge in [-0.15, -0.1) is 0 Å². The van der Waals surface area contributed by atoms with Crippen molar-refractivity contribution in [3.05, 3.63) is 19.1 Å². The van der Waals surface area contributed by atoms with Crippen molar-refractivity contribution in [3.8, 4) is 0 Å². The summed E-state index contributed by atoms with van der Waals surface area (Å²) in [6.45, 7) is 10.5. The predicted octanol–water partition coefficient (Wildman–Crippen LogP) is 3.59. The minimum Gasteiger partial charge on any atom is -0.0885 e. The Balaban J connectivity index is 3.46. The van der Waals surface area contributed by atoms with E-state index >= 15 is 0 Å². The average molecular weight is 139 g/mol. The second-order valence-electron chi connectivity index (χ2n) is 3.53. The van der Waals surface area contributed by atoms with Crippen LogP contribution in [0.25, 0.3) is 0 Å². The fourth-order valence-corrected chi connectivity index (χ4v) is 0.769. The van der Waals surface area contributed by atoms with Gasteiger partial charge < -0.3 is 0 Å². The van der Waals surface area contributed by atoms with E-state index in [1.807, 2.05) is 6.08 Å². The van der Waals surface area contributed by atoms with E-state index in [-0.39, 0.29) is 0 Å². The Morgan fingerprint density at radius 3 is 2.40 bits per heavy atom. The molecule has 0 aromatic carbocycles. The summed E-state index contributed by atoms with van der Waals surface area (Å²) in [4.78, 5) is 0. The molecule has 0 spiro atoms. The third kappa shape index (κ3) is 4.60. The minimum atomic E-state index is 0.513. The maximum absolute atomic E-state index is 3.65. The van der Waals surface area contributed by atoms with Gasteiger partial charge in [0.15, 0.2) is 0 Å². The molecule has 0 saturated carbocycles. The lowest BCUT2D eigenvalue weighted by Gasteiger charge is -2.21. The molecule has 59 valence electrons. The fraction of sp³-hybridized carbons (Fsp3) is 0.700. The summed E-state index contributed by atoms with van der Waals surface area (Å²) >= 11 is 0. The Hall–Kier alpha value is -0.260. The zero-order chi connectivity index (χ0) is 8.04. The van der Waals surface area contributed by atoms with Crippen molar-refractivity contribution in [1.82, 2.24) is 0 Å². The van der Waals surface area contributed by atoms with Crippen LogP contribution in [0.15, 0.2) is 12.2 Å². The molecule has 0 aliphatic carbocycles. The summed E-state index contributed by atoms with van der Waals surface area (Å²) in [7, 11) is 0. The summed E-state index contributed by atoms with van der Waals surface area (Å²) in [5.41, 5.74) is 0.513. The van der Waals surface area contributed by atoms with E-state index in [0.717, 1.165) is 0 Å². The molecular weight excluding hydrogens is 120 g/mol. The predicted molar refractivity (Wildman–Crippen MR) is 47.8 cm³/mol. The van der Waals surface area contributed by atoms with Gasteiger partial charge in [-0.05, 0) is 25.2 Å². The monoisotopic (exact) mass is 139 g/mol. The average Bonchev–Trinajstić information content (AvgIpc) is 1.89. The Kier molecular flexibility index (Phi) is 4.42. The van der Waals surface area contributed by atoms with Crippen LogP contribution in [0.5, 0.6) is 0 Å². The molecule has 0 heterocycles. The molecule has 0 aliphatic rings. The zero-order valence-electron chi connectivity index (χ0n) is 7.48. The third-order valence-electron chi connectivity index (χ3n) is 2.11. The second kappa shape index (κ2) is 4.54. The fourth-order valence-electron chi connectivity index (χ4n) is 0.769. The van der Waals surface area contributed by atoms with Crippen molar-refractivity contribution in [2.24, 2.45) is 5.41 Å². The van der Waals surface area contributed by atoms with Gasteiger partial charge in [-0.25, -0.2) is 0 Å². The molecule has 0 saturated heterocycles. The van der Waals surface area contributed by atoms with Crippen LogP contribution in [-0.4, -0.2) is 0 Å². The molecule has 0 heteroatoms. The number of allylic oxidation sites excluding steroid dienone is 2. The molecule has 0 fully saturated rings.